The molecule has 0 saturated carbocycles. The second-order valence-electron chi connectivity index (χ2n) is 7.93. The van der Waals surface area contributed by atoms with Crippen LogP contribution in [0.1, 0.15) is 31.4 Å². The summed E-state index contributed by atoms with van der Waals surface area (Å²) in [6.45, 7) is 4.00. The third kappa shape index (κ3) is 8.29. The number of para-hydroxylation sites is 2. The van der Waals surface area contributed by atoms with E-state index in [1.165, 1.54) is 10.0 Å². The number of benzene rings is 4. The molecule has 0 aliphatic carbocycles. The van der Waals surface area contributed by atoms with Crippen LogP contribution >= 0.6 is 24.4 Å². The second-order valence-corrected chi connectivity index (χ2v) is 8.70. The van der Waals surface area contributed by atoms with Crippen LogP contribution < -0.4 is 20.9 Å². The average molecular weight is 555 g/mol. The van der Waals surface area contributed by atoms with E-state index >= 15 is 0 Å². The largest absolute Gasteiger partial charge is 0.273 e. The Morgan fingerprint density at radius 1 is 0.538 bits per heavy atom. The molecule has 0 atom stereocenters. The monoisotopic (exact) mass is 554 g/mol. The van der Waals surface area contributed by atoms with Gasteiger partial charge in [-0.1, -0.05) is 135 Å². The molecule has 4 rings (SSSR count). The van der Waals surface area contributed by atoms with Crippen LogP contribution in [-0.2, 0) is 9.59 Å². The van der Waals surface area contributed by atoms with Crippen LogP contribution in [0, 0.1) is 0 Å². The predicted octanol–water partition coefficient (Wildman–Crippen LogP) is 6.23. The van der Waals surface area contributed by atoms with Crippen molar-refractivity contribution in [3.63, 3.8) is 0 Å². The van der Waals surface area contributed by atoms with Gasteiger partial charge in [0, 0.05) is 11.1 Å². The Balaban J connectivity index is 0.00000205. The zero-order valence-electron chi connectivity index (χ0n) is 21.8. The molecular weight excluding hydrogens is 525 g/mol. The number of nitrogens with one attached hydrogen (secondary N) is 2. The van der Waals surface area contributed by atoms with E-state index in [9.17, 15) is 9.59 Å². The first-order valence-corrected chi connectivity index (χ1v) is 13.3. The summed E-state index contributed by atoms with van der Waals surface area (Å²) in [6, 6.07) is 37.1. The molecule has 0 fully saturated rings. The quantitative estimate of drug-likeness (QED) is 0.167. The Morgan fingerprint density at radius 3 is 1.13 bits per heavy atom. The number of nitrogens with zero attached hydrogens (tertiary/aromatic N) is 2. The minimum atomic E-state index is -0.529. The molecule has 0 saturated heterocycles. The lowest BCUT2D eigenvalue weighted by atomic mass is 10.2. The van der Waals surface area contributed by atoms with Crippen LogP contribution in [0.5, 0.6) is 0 Å². The molecule has 0 spiro atoms. The van der Waals surface area contributed by atoms with Crippen LogP contribution in [0.15, 0.2) is 121 Å². The molecule has 0 bridgehead atoms. The highest BCUT2D eigenvalue weighted by Gasteiger charge is 2.21. The van der Waals surface area contributed by atoms with Gasteiger partial charge in [0.25, 0.3) is 0 Å². The number of anilines is 2. The number of hydrogen-bond acceptors (Lipinski definition) is 4. The molecule has 6 nitrogen and oxygen atoms in total. The van der Waals surface area contributed by atoms with Crippen molar-refractivity contribution in [3.8, 4) is 0 Å². The van der Waals surface area contributed by atoms with E-state index < -0.39 is 18.2 Å². The van der Waals surface area contributed by atoms with Crippen LogP contribution in [0.3, 0.4) is 0 Å². The first-order chi connectivity index (χ1) is 19.0. The summed E-state index contributed by atoms with van der Waals surface area (Å²) in [5.41, 5.74) is 8.41. The van der Waals surface area contributed by atoms with Crippen molar-refractivity contribution in [2.45, 2.75) is 20.3 Å². The third-order valence-corrected chi connectivity index (χ3v) is 6.11. The van der Waals surface area contributed by atoms with Crippen molar-refractivity contribution in [2.75, 3.05) is 10.0 Å². The number of thiocarbonyl (C=S) groups is 2. The number of amides is 2. The highest BCUT2D eigenvalue weighted by Crippen LogP contribution is 2.17. The van der Waals surface area contributed by atoms with Gasteiger partial charge in [0.1, 0.15) is 16.4 Å². The zero-order chi connectivity index (χ0) is 28.0. The van der Waals surface area contributed by atoms with Crippen molar-refractivity contribution >= 4 is 57.6 Å². The molecule has 0 aromatic heterocycles. The Hall–Kier alpha value is -4.40. The molecule has 4 aromatic carbocycles. The molecule has 0 unspecified atom stereocenters. The lowest BCUT2D eigenvalue weighted by Crippen LogP contribution is -2.50. The first kappa shape index (κ1) is 29.2. The maximum Gasteiger partial charge on any atom is 0.248 e. The van der Waals surface area contributed by atoms with Crippen molar-refractivity contribution in [2.24, 2.45) is 0 Å². The first-order valence-electron chi connectivity index (χ1n) is 12.5. The number of hydrogen-bond donors (Lipinski definition) is 2. The standard InChI is InChI=1S/C29H24N4O2S2.C2H6/c34-26(30-32(24-17-9-3-10-18-24)28(36)22-13-5-1-6-14-22)21-27(35)31-33(25-19-11-4-12-20-25)29(37)23-15-7-2-8-16-23;1-2/h1-20H,21H2,(H,30,34)(H,31,35);1-2H3. The topological polar surface area (TPSA) is 64.7 Å². The molecule has 8 heteroatoms. The van der Waals surface area contributed by atoms with E-state index in [1.807, 2.05) is 135 Å². The van der Waals surface area contributed by atoms with E-state index in [0.29, 0.717) is 21.4 Å². The van der Waals surface area contributed by atoms with Crippen molar-refractivity contribution < 1.29 is 9.59 Å². The van der Waals surface area contributed by atoms with E-state index in [4.69, 9.17) is 24.4 Å². The van der Waals surface area contributed by atoms with E-state index in [2.05, 4.69) is 10.9 Å². The Morgan fingerprint density at radius 2 is 0.821 bits per heavy atom. The maximum atomic E-state index is 13.0. The molecule has 0 aliphatic rings. The fraction of sp³-hybridized carbons (Fsp3) is 0.0968. The third-order valence-electron chi connectivity index (χ3n) is 5.27. The highest BCUT2D eigenvalue weighted by atomic mass is 32.1. The van der Waals surface area contributed by atoms with Gasteiger partial charge in [-0.2, -0.15) is 0 Å². The van der Waals surface area contributed by atoms with Gasteiger partial charge in [-0.05, 0) is 24.3 Å². The smallest absolute Gasteiger partial charge is 0.248 e. The van der Waals surface area contributed by atoms with Gasteiger partial charge in [-0.25, -0.2) is 10.0 Å². The molecule has 39 heavy (non-hydrogen) atoms. The van der Waals surface area contributed by atoms with Crippen LogP contribution in [0.4, 0.5) is 11.4 Å². The fourth-order valence-corrected chi connectivity index (χ4v) is 4.09. The van der Waals surface area contributed by atoms with Gasteiger partial charge in [0.15, 0.2) is 0 Å². The Bertz CT molecular complexity index is 1260. The normalized spacial score (nSPS) is 9.79. The summed E-state index contributed by atoms with van der Waals surface area (Å²) < 4.78 is 0. The lowest BCUT2D eigenvalue weighted by Gasteiger charge is -2.27. The van der Waals surface area contributed by atoms with Crippen LogP contribution in [0.2, 0.25) is 0 Å². The number of carbonyl (C=O) groups excluding carboxylic acids is 2. The Labute approximate surface area is 240 Å². The molecule has 0 heterocycles. The zero-order valence-corrected chi connectivity index (χ0v) is 23.4. The molecule has 2 N–H and O–H groups in total. The van der Waals surface area contributed by atoms with E-state index in [-0.39, 0.29) is 0 Å². The predicted molar refractivity (Wildman–Crippen MR) is 166 cm³/mol. The van der Waals surface area contributed by atoms with Gasteiger partial charge in [0.05, 0.1) is 11.4 Å². The SMILES string of the molecule is CC.O=C(CC(=O)NN(C(=S)c1ccccc1)c1ccccc1)NN(C(=S)c1ccccc1)c1ccccc1. The summed E-state index contributed by atoms with van der Waals surface area (Å²) in [7, 11) is 0. The maximum absolute atomic E-state index is 13.0. The van der Waals surface area contributed by atoms with Gasteiger partial charge >= 0.3 is 0 Å². The van der Waals surface area contributed by atoms with Crippen molar-refractivity contribution in [3.05, 3.63) is 132 Å². The van der Waals surface area contributed by atoms with Gasteiger partial charge in [-0.15, -0.1) is 0 Å². The van der Waals surface area contributed by atoms with Crippen molar-refractivity contribution in [1.82, 2.24) is 10.9 Å². The number of hydrazine groups is 2. The number of carbonyl (C=O) groups is 2. The summed E-state index contributed by atoms with van der Waals surface area (Å²) in [5, 5.41) is 3.01. The minimum absolute atomic E-state index is 0.400. The van der Waals surface area contributed by atoms with Crippen LogP contribution in [0.25, 0.3) is 0 Å². The summed E-state index contributed by atoms with van der Waals surface area (Å²) in [6.07, 6.45) is -0.443. The van der Waals surface area contributed by atoms with Crippen LogP contribution in [-0.4, -0.2) is 21.8 Å². The minimum Gasteiger partial charge on any atom is -0.273 e. The van der Waals surface area contributed by atoms with E-state index in [0.717, 1.165) is 11.1 Å². The average Bonchev–Trinajstić information content (AvgIpc) is 3.00. The molecule has 2 amide bonds. The molecule has 198 valence electrons. The second kappa shape index (κ2) is 15.1. The lowest BCUT2D eigenvalue weighted by molar-refractivity contribution is -0.129. The van der Waals surface area contributed by atoms with Gasteiger partial charge in [0.2, 0.25) is 11.8 Å². The molecular formula is C31H30N4O2S2. The highest BCUT2D eigenvalue weighted by molar-refractivity contribution is 7.81. The summed E-state index contributed by atoms with van der Waals surface area (Å²) in [5.74, 6) is -1.06. The summed E-state index contributed by atoms with van der Waals surface area (Å²) >= 11 is 11.3. The molecule has 0 radical (unpaired) electrons. The van der Waals surface area contributed by atoms with E-state index in [1.54, 1.807) is 0 Å². The molecule has 0 aliphatic heterocycles. The number of rotatable bonds is 6. The van der Waals surface area contributed by atoms with Gasteiger partial charge in [-0.3, -0.25) is 20.4 Å². The molecule has 4 aromatic rings. The fourth-order valence-electron chi connectivity index (χ4n) is 3.51. The Kier molecular flexibility index (Phi) is 11.3. The summed E-state index contributed by atoms with van der Waals surface area (Å²) in [4.78, 5) is 26.8. The van der Waals surface area contributed by atoms with Crippen molar-refractivity contribution in [1.29, 1.82) is 0 Å². The van der Waals surface area contributed by atoms with Gasteiger partial charge < -0.3 is 0 Å².